The number of ether oxygens (including phenoxy) is 1. The number of anilines is 2. The van der Waals surface area contributed by atoms with Crippen LogP contribution in [0.3, 0.4) is 0 Å². The molecule has 0 unspecified atom stereocenters. The van der Waals surface area contributed by atoms with Gasteiger partial charge in [-0.15, -0.1) is 0 Å². The smallest absolute Gasteiger partial charge is 0.225 e. The van der Waals surface area contributed by atoms with Crippen molar-refractivity contribution >= 4 is 17.7 Å². The Labute approximate surface area is 149 Å². The topological polar surface area (TPSA) is 93.4 Å². The molecule has 0 radical (unpaired) electrons. The zero-order valence-electron chi connectivity index (χ0n) is 15.2. The first-order valence-corrected chi connectivity index (χ1v) is 9.27. The minimum atomic E-state index is 0.0802. The first-order chi connectivity index (χ1) is 12.0. The number of piperidine rings is 1. The zero-order valence-corrected chi connectivity index (χ0v) is 15.2. The average Bonchev–Trinajstić information content (AvgIpc) is 3.14. The van der Waals surface area contributed by atoms with Crippen molar-refractivity contribution < 1.29 is 9.53 Å². The van der Waals surface area contributed by atoms with Crippen LogP contribution < -0.4 is 11.1 Å². The molecule has 0 aromatic carbocycles. The number of nitrogens with zero attached hydrogens (tertiary/aromatic N) is 3. The quantitative estimate of drug-likeness (QED) is 0.844. The number of nitrogen functional groups attached to an aromatic ring is 1. The SMILES string of the molecule is CC(C)C(=O)N1CCC(CNc2cc([C@@H]3CCOC3)nc(N)n2)CC1. The number of amides is 1. The molecule has 1 aromatic heterocycles. The number of hydrogen-bond donors (Lipinski definition) is 2. The number of nitrogens with two attached hydrogens (primary N) is 1. The lowest BCUT2D eigenvalue weighted by Gasteiger charge is -2.33. The molecule has 1 amide bonds. The Morgan fingerprint density at radius 3 is 2.76 bits per heavy atom. The Hall–Kier alpha value is -1.89. The molecule has 0 bridgehead atoms. The van der Waals surface area contributed by atoms with Gasteiger partial charge in [-0.3, -0.25) is 4.79 Å². The number of nitrogens with one attached hydrogen (secondary N) is 1. The van der Waals surface area contributed by atoms with Crippen molar-refractivity contribution in [3.63, 3.8) is 0 Å². The summed E-state index contributed by atoms with van der Waals surface area (Å²) in [6.45, 7) is 7.95. The fourth-order valence-electron chi connectivity index (χ4n) is 3.52. The predicted molar refractivity (Wildman–Crippen MR) is 97.3 cm³/mol. The van der Waals surface area contributed by atoms with Crippen LogP contribution in [0.2, 0.25) is 0 Å². The molecule has 1 atom stereocenters. The molecule has 2 fully saturated rings. The van der Waals surface area contributed by atoms with Crippen molar-refractivity contribution in [2.45, 2.75) is 39.0 Å². The predicted octanol–water partition coefficient (Wildman–Crippen LogP) is 1.87. The highest BCUT2D eigenvalue weighted by atomic mass is 16.5. The maximum absolute atomic E-state index is 12.1. The van der Waals surface area contributed by atoms with E-state index in [9.17, 15) is 4.79 Å². The van der Waals surface area contributed by atoms with Crippen molar-refractivity contribution in [1.82, 2.24) is 14.9 Å². The second-order valence-electron chi connectivity index (χ2n) is 7.40. The monoisotopic (exact) mass is 347 g/mol. The van der Waals surface area contributed by atoms with Crippen LogP contribution in [-0.4, -0.2) is 53.6 Å². The summed E-state index contributed by atoms with van der Waals surface area (Å²) < 4.78 is 5.44. The fraction of sp³-hybridized carbons (Fsp3) is 0.722. The molecule has 7 nitrogen and oxygen atoms in total. The Balaban J connectivity index is 1.51. The normalized spacial score (nSPS) is 21.7. The van der Waals surface area contributed by atoms with Crippen LogP contribution in [0.15, 0.2) is 6.07 Å². The van der Waals surface area contributed by atoms with E-state index < -0.39 is 0 Å². The molecule has 3 heterocycles. The number of aromatic nitrogens is 2. The minimum Gasteiger partial charge on any atom is -0.381 e. The van der Waals surface area contributed by atoms with Crippen LogP contribution in [0.4, 0.5) is 11.8 Å². The summed E-state index contributed by atoms with van der Waals surface area (Å²) in [5.74, 6) is 2.30. The molecule has 2 saturated heterocycles. The number of carbonyl (C=O) groups is 1. The van der Waals surface area contributed by atoms with Crippen molar-refractivity contribution in [2.24, 2.45) is 11.8 Å². The van der Waals surface area contributed by atoms with Gasteiger partial charge in [0, 0.05) is 44.1 Å². The van der Waals surface area contributed by atoms with E-state index in [-0.39, 0.29) is 11.8 Å². The molecule has 25 heavy (non-hydrogen) atoms. The summed E-state index contributed by atoms with van der Waals surface area (Å²) in [6.07, 6.45) is 3.03. The number of likely N-dealkylation sites (tertiary alicyclic amines) is 1. The second kappa shape index (κ2) is 7.99. The van der Waals surface area contributed by atoms with Crippen LogP contribution in [-0.2, 0) is 9.53 Å². The van der Waals surface area contributed by atoms with E-state index in [4.69, 9.17) is 10.5 Å². The number of hydrogen-bond acceptors (Lipinski definition) is 6. The first-order valence-electron chi connectivity index (χ1n) is 9.27. The summed E-state index contributed by atoms with van der Waals surface area (Å²) in [7, 11) is 0. The Morgan fingerprint density at radius 1 is 1.36 bits per heavy atom. The zero-order chi connectivity index (χ0) is 17.8. The van der Waals surface area contributed by atoms with Crippen molar-refractivity contribution in [1.29, 1.82) is 0 Å². The largest absolute Gasteiger partial charge is 0.381 e. The molecular formula is C18H29N5O2. The van der Waals surface area contributed by atoms with Gasteiger partial charge in [0.25, 0.3) is 0 Å². The molecular weight excluding hydrogens is 318 g/mol. The Kier molecular flexibility index (Phi) is 5.73. The molecule has 2 aliphatic rings. The van der Waals surface area contributed by atoms with Gasteiger partial charge < -0.3 is 20.7 Å². The van der Waals surface area contributed by atoms with E-state index in [0.29, 0.717) is 24.4 Å². The van der Waals surface area contributed by atoms with Crippen LogP contribution in [0, 0.1) is 11.8 Å². The Morgan fingerprint density at radius 2 is 2.12 bits per heavy atom. The highest BCUT2D eigenvalue weighted by Crippen LogP contribution is 2.26. The summed E-state index contributed by atoms with van der Waals surface area (Å²) >= 11 is 0. The summed E-state index contributed by atoms with van der Waals surface area (Å²) in [6, 6.07) is 1.99. The van der Waals surface area contributed by atoms with Crippen LogP contribution >= 0.6 is 0 Å². The van der Waals surface area contributed by atoms with Gasteiger partial charge in [-0.25, -0.2) is 4.98 Å². The molecule has 7 heteroatoms. The van der Waals surface area contributed by atoms with Gasteiger partial charge in [-0.1, -0.05) is 13.8 Å². The lowest BCUT2D eigenvalue weighted by Crippen LogP contribution is -2.41. The maximum Gasteiger partial charge on any atom is 0.225 e. The van der Waals surface area contributed by atoms with E-state index in [1.165, 1.54) is 0 Å². The van der Waals surface area contributed by atoms with E-state index in [0.717, 1.165) is 57.0 Å². The third kappa shape index (κ3) is 4.60. The van der Waals surface area contributed by atoms with Crippen LogP contribution in [0.1, 0.15) is 44.7 Å². The van der Waals surface area contributed by atoms with Crippen LogP contribution in [0.25, 0.3) is 0 Å². The van der Waals surface area contributed by atoms with Gasteiger partial charge in [0.15, 0.2) is 0 Å². The number of rotatable bonds is 5. The van der Waals surface area contributed by atoms with Gasteiger partial charge in [0.1, 0.15) is 5.82 Å². The molecule has 0 saturated carbocycles. The standard InChI is InChI=1S/C18H29N5O2/c1-12(2)17(24)23-6-3-13(4-7-23)10-20-16-9-15(21-18(19)22-16)14-5-8-25-11-14/h9,12-14H,3-8,10-11H2,1-2H3,(H3,19,20,21,22)/t14-/m1/s1. The summed E-state index contributed by atoms with van der Waals surface area (Å²) in [5.41, 5.74) is 6.83. The third-order valence-electron chi connectivity index (χ3n) is 5.10. The maximum atomic E-state index is 12.1. The van der Waals surface area contributed by atoms with E-state index >= 15 is 0 Å². The second-order valence-corrected chi connectivity index (χ2v) is 7.40. The van der Waals surface area contributed by atoms with Crippen molar-refractivity contribution in [3.8, 4) is 0 Å². The van der Waals surface area contributed by atoms with Gasteiger partial charge in [0.2, 0.25) is 11.9 Å². The third-order valence-corrected chi connectivity index (χ3v) is 5.10. The van der Waals surface area contributed by atoms with Crippen molar-refractivity contribution in [3.05, 3.63) is 11.8 Å². The van der Waals surface area contributed by atoms with Gasteiger partial charge in [-0.2, -0.15) is 4.98 Å². The highest BCUT2D eigenvalue weighted by Gasteiger charge is 2.24. The summed E-state index contributed by atoms with van der Waals surface area (Å²) in [4.78, 5) is 22.7. The Bertz CT molecular complexity index is 593. The molecule has 138 valence electrons. The van der Waals surface area contributed by atoms with Crippen molar-refractivity contribution in [2.75, 3.05) is 43.9 Å². The molecule has 3 N–H and O–H groups in total. The fourth-order valence-corrected chi connectivity index (χ4v) is 3.52. The van der Waals surface area contributed by atoms with E-state index in [1.54, 1.807) is 0 Å². The van der Waals surface area contributed by atoms with Gasteiger partial charge >= 0.3 is 0 Å². The molecule has 2 aliphatic heterocycles. The molecule has 0 spiro atoms. The molecule has 3 rings (SSSR count). The first kappa shape index (κ1) is 17.9. The van der Waals surface area contributed by atoms with Crippen LogP contribution in [0.5, 0.6) is 0 Å². The molecule has 1 aromatic rings. The van der Waals surface area contributed by atoms with Gasteiger partial charge in [0.05, 0.1) is 12.3 Å². The summed E-state index contributed by atoms with van der Waals surface area (Å²) in [5, 5.41) is 3.41. The average molecular weight is 347 g/mol. The lowest BCUT2D eigenvalue weighted by atomic mass is 9.96. The highest BCUT2D eigenvalue weighted by molar-refractivity contribution is 5.78. The number of carbonyl (C=O) groups excluding carboxylic acids is 1. The van der Waals surface area contributed by atoms with E-state index in [2.05, 4.69) is 15.3 Å². The minimum absolute atomic E-state index is 0.0802. The lowest BCUT2D eigenvalue weighted by molar-refractivity contribution is -0.135. The molecule has 0 aliphatic carbocycles. The van der Waals surface area contributed by atoms with Gasteiger partial charge in [-0.05, 0) is 25.2 Å². The van der Waals surface area contributed by atoms with E-state index in [1.807, 2.05) is 24.8 Å².